The highest BCUT2D eigenvalue weighted by molar-refractivity contribution is 5.95. The molecule has 0 spiro atoms. The number of pyridine rings is 1. The summed E-state index contributed by atoms with van der Waals surface area (Å²) >= 11 is 0. The highest BCUT2D eigenvalue weighted by atomic mass is 16.5. The van der Waals surface area contributed by atoms with E-state index in [0.717, 1.165) is 39.6 Å². The van der Waals surface area contributed by atoms with Crippen molar-refractivity contribution < 1.29 is 14.6 Å². The van der Waals surface area contributed by atoms with E-state index in [1.807, 2.05) is 30.3 Å². The lowest BCUT2D eigenvalue weighted by Crippen LogP contribution is -2.30. The molecule has 1 unspecified atom stereocenters. The molecule has 8 nitrogen and oxygen atoms in total. The number of benzene rings is 2. The van der Waals surface area contributed by atoms with Gasteiger partial charge >= 0.3 is 0 Å². The number of rotatable bonds is 5. The molecule has 2 N–H and O–H groups in total. The summed E-state index contributed by atoms with van der Waals surface area (Å²) in [6.45, 7) is 2.51. The maximum atomic E-state index is 11.1. The van der Waals surface area contributed by atoms with Crippen molar-refractivity contribution in [1.29, 1.82) is 0 Å². The van der Waals surface area contributed by atoms with E-state index in [0.29, 0.717) is 11.9 Å². The lowest BCUT2D eigenvalue weighted by molar-refractivity contribution is 0.112. The smallest absolute Gasteiger partial charge is 0.181 e. The van der Waals surface area contributed by atoms with E-state index >= 15 is 0 Å². The fraction of sp³-hybridized carbons (Fsp3) is 0.296. The third kappa shape index (κ3) is 5.34. The van der Waals surface area contributed by atoms with Gasteiger partial charge in [0.15, 0.2) is 11.9 Å². The Balaban J connectivity index is 0.000000271. The molecule has 3 heterocycles. The first-order chi connectivity index (χ1) is 16.9. The van der Waals surface area contributed by atoms with Gasteiger partial charge in [0, 0.05) is 35.3 Å². The number of phenolic OH excluding ortho intramolecular Hbond substituents is 1. The molecule has 1 saturated heterocycles. The highest BCUT2D eigenvalue weighted by Crippen LogP contribution is 2.34. The van der Waals surface area contributed by atoms with Crippen LogP contribution in [0.15, 0.2) is 54.7 Å². The topological polar surface area (TPSA) is 94.6 Å². The fourth-order valence-corrected chi connectivity index (χ4v) is 4.28. The van der Waals surface area contributed by atoms with E-state index in [4.69, 9.17) is 4.74 Å². The van der Waals surface area contributed by atoms with Gasteiger partial charge in [-0.25, -0.2) is 4.98 Å². The number of carbonyl (C=O) groups is 1. The average molecular weight is 474 g/mol. The number of methoxy groups -OCH3 is 1. The molecule has 5 rings (SSSR count). The van der Waals surface area contributed by atoms with Gasteiger partial charge in [0.1, 0.15) is 11.5 Å². The van der Waals surface area contributed by atoms with E-state index in [-0.39, 0.29) is 11.3 Å². The molecule has 35 heavy (non-hydrogen) atoms. The number of nitrogens with one attached hydrogen (secondary N) is 1. The molecule has 1 atom stereocenters. The van der Waals surface area contributed by atoms with E-state index in [1.54, 1.807) is 25.4 Å². The molecular weight excluding hydrogens is 442 g/mol. The van der Waals surface area contributed by atoms with Gasteiger partial charge in [0.05, 0.1) is 18.4 Å². The van der Waals surface area contributed by atoms with Crippen molar-refractivity contribution >= 4 is 17.3 Å². The Morgan fingerprint density at radius 1 is 1.17 bits per heavy atom. The van der Waals surface area contributed by atoms with Gasteiger partial charge in [0.2, 0.25) is 0 Å². The number of hydrogen-bond donors (Lipinski definition) is 2. The zero-order valence-corrected chi connectivity index (χ0v) is 20.5. The van der Waals surface area contributed by atoms with E-state index in [1.165, 1.54) is 25.6 Å². The van der Waals surface area contributed by atoms with Crippen LogP contribution in [0, 0.1) is 0 Å². The van der Waals surface area contributed by atoms with Crippen LogP contribution in [0.3, 0.4) is 0 Å². The zero-order valence-electron chi connectivity index (χ0n) is 20.5. The number of phenols is 1. The van der Waals surface area contributed by atoms with Crippen molar-refractivity contribution in [2.45, 2.75) is 12.5 Å². The molecule has 1 aliphatic rings. The average Bonchev–Trinajstić information content (AvgIpc) is 3.50. The molecule has 4 aromatic rings. The Hall–Kier alpha value is -3.75. The van der Waals surface area contributed by atoms with Gasteiger partial charge in [-0.1, -0.05) is 18.2 Å². The Bertz CT molecular complexity index is 1320. The predicted molar refractivity (Wildman–Crippen MR) is 138 cm³/mol. The van der Waals surface area contributed by atoms with E-state index in [2.05, 4.69) is 46.1 Å². The second-order valence-electron chi connectivity index (χ2n) is 8.95. The van der Waals surface area contributed by atoms with E-state index in [9.17, 15) is 9.90 Å². The largest absolute Gasteiger partial charge is 0.507 e. The standard InChI is InChI=1S/C20H15N3O3.C7H16N2/c1-26-18-5-3-2-4-15(18)19-16-9-13(10-21-20(16)23-22-19)12-6-7-17(25)14(8-12)11-24;1-8(2)7-4-5-9(3)6-7/h2-11,25H,1H3,(H,21,22,23);7H,4-6H2,1-3H3. The normalized spacial score (nSPS) is 15.7. The molecular formula is C27H31N5O3. The Kier molecular flexibility index (Phi) is 7.43. The van der Waals surface area contributed by atoms with Crippen molar-refractivity contribution in [2.75, 3.05) is 41.3 Å². The summed E-state index contributed by atoms with van der Waals surface area (Å²) < 4.78 is 5.44. The molecule has 1 fully saturated rings. The Labute approximate surface area is 205 Å². The van der Waals surface area contributed by atoms with Gasteiger partial charge < -0.3 is 19.6 Å². The summed E-state index contributed by atoms with van der Waals surface area (Å²) in [6.07, 6.45) is 3.66. The van der Waals surface area contributed by atoms with Crippen molar-refractivity contribution in [1.82, 2.24) is 25.0 Å². The van der Waals surface area contributed by atoms with Crippen LogP contribution >= 0.6 is 0 Å². The summed E-state index contributed by atoms with van der Waals surface area (Å²) in [5.41, 5.74) is 4.12. The zero-order chi connectivity index (χ0) is 24.9. The Morgan fingerprint density at radius 3 is 2.63 bits per heavy atom. The third-order valence-electron chi connectivity index (χ3n) is 6.37. The molecule has 182 valence electrons. The lowest BCUT2D eigenvalue weighted by atomic mass is 10.0. The monoisotopic (exact) mass is 473 g/mol. The molecule has 0 aliphatic carbocycles. The molecule has 8 heteroatoms. The summed E-state index contributed by atoms with van der Waals surface area (Å²) in [6, 6.07) is 15.3. The Morgan fingerprint density at radius 2 is 1.97 bits per heavy atom. The SMILES string of the molecule is CN1CCC(N(C)C)C1.COc1ccccc1-c1[nH]nc2ncc(-c3ccc(O)c(C=O)c3)cc12. The number of nitrogens with zero attached hydrogens (tertiary/aromatic N) is 4. The van der Waals surface area contributed by atoms with Crippen LogP contribution in [0.25, 0.3) is 33.4 Å². The molecule has 0 radical (unpaired) electrons. The van der Waals surface area contributed by atoms with Gasteiger partial charge in [-0.2, -0.15) is 5.10 Å². The number of aromatic nitrogens is 3. The number of likely N-dealkylation sites (tertiary alicyclic amines) is 1. The summed E-state index contributed by atoms with van der Waals surface area (Å²) in [7, 11) is 8.12. The highest BCUT2D eigenvalue weighted by Gasteiger charge is 2.20. The van der Waals surface area contributed by atoms with E-state index < -0.39 is 0 Å². The maximum Gasteiger partial charge on any atom is 0.181 e. The summed E-state index contributed by atoms with van der Waals surface area (Å²) in [5.74, 6) is 0.687. The van der Waals surface area contributed by atoms with Crippen LogP contribution in [-0.4, -0.2) is 83.8 Å². The fourth-order valence-electron chi connectivity index (χ4n) is 4.28. The summed E-state index contributed by atoms with van der Waals surface area (Å²) in [5, 5.41) is 17.8. The van der Waals surface area contributed by atoms with Crippen LogP contribution in [-0.2, 0) is 0 Å². The maximum absolute atomic E-state index is 11.1. The lowest BCUT2D eigenvalue weighted by Gasteiger charge is -2.17. The second-order valence-corrected chi connectivity index (χ2v) is 8.95. The second kappa shape index (κ2) is 10.7. The van der Waals surface area contributed by atoms with Gasteiger partial charge in [0.25, 0.3) is 0 Å². The van der Waals surface area contributed by atoms with Crippen molar-refractivity contribution in [3.8, 4) is 33.9 Å². The molecule has 0 saturated carbocycles. The molecule has 2 aromatic heterocycles. The molecule has 2 aromatic carbocycles. The quantitative estimate of drug-likeness (QED) is 0.422. The first-order valence-electron chi connectivity index (χ1n) is 11.5. The third-order valence-corrected chi connectivity index (χ3v) is 6.37. The van der Waals surface area contributed by atoms with Gasteiger partial charge in [-0.3, -0.25) is 9.89 Å². The van der Waals surface area contributed by atoms with Crippen molar-refractivity contribution in [3.63, 3.8) is 0 Å². The number of aromatic amines is 1. The number of H-pyrrole nitrogens is 1. The number of ether oxygens (including phenoxy) is 1. The van der Waals surface area contributed by atoms with Crippen LogP contribution in [0.4, 0.5) is 0 Å². The number of hydrogen-bond acceptors (Lipinski definition) is 7. The molecule has 0 bridgehead atoms. The number of likely N-dealkylation sites (N-methyl/N-ethyl adjacent to an activating group) is 2. The van der Waals surface area contributed by atoms with Gasteiger partial charge in [-0.15, -0.1) is 0 Å². The number of carbonyl (C=O) groups excluding carboxylic acids is 1. The van der Waals surface area contributed by atoms with Crippen LogP contribution < -0.4 is 4.74 Å². The minimum atomic E-state index is -0.0455. The minimum Gasteiger partial charge on any atom is -0.507 e. The number of fused-ring (bicyclic) bond motifs is 1. The van der Waals surface area contributed by atoms with Crippen molar-refractivity contribution in [3.05, 3.63) is 60.3 Å². The molecule has 0 amide bonds. The minimum absolute atomic E-state index is 0.0455. The van der Waals surface area contributed by atoms with Crippen LogP contribution in [0.1, 0.15) is 16.8 Å². The number of para-hydroxylation sites is 1. The number of aldehydes is 1. The molecule has 1 aliphatic heterocycles. The van der Waals surface area contributed by atoms with Crippen LogP contribution in [0.5, 0.6) is 11.5 Å². The van der Waals surface area contributed by atoms with Crippen molar-refractivity contribution in [2.24, 2.45) is 0 Å². The predicted octanol–water partition coefficient (Wildman–Crippen LogP) is 4.07. The first kappa shape index (κ1) is 24.4. The van der Waals surface area contributed by atoms with Gasteiger partial charge in [-0.05, 0) is 70.0 Å². The van der Waals surface area contributed by atoms with Crippen LogP contribution in [0.2, 0.25) is 0 Å². The first-order valence-corrected chi connectivity index (χ1v) is 11.5. The summed E-state index contributed by atoms with van der Waals surface area (Å²) in [4.78, 5) is 20.2. The number of aromatic hydroxyl groups is 1.